The zero-order valence-electron chi connectivity index (χ0n) is 12.2. The van der Waals surface area contributed by atoms with Gasteiger partial charge in [-0.2, -0.15) is 0 Å². The lowest BCUT2D eigenvalue weighted by Crippen LogP contribution is -2.49. The summed E-state index contributed by atoms with van der Waals surface area (Å²) in [5, 5.41) is 4.24. The van der Waals surface area contributed by atoms with Crippen LogP contribution < -0.4 is 0 Å². The fourth-order valence-electron chi connectivity index (χ4n) is 3.30. The average molecular weight is 253 g/mol. The van der Waals surface area contributed by atoms with E-state index in [1.165, 1.54) is 7.11 Å². The number of fused-ring (bicyclic) bond motifs is 1. The van der Waals surface area contributed by atoms with E-state index >= 15 is 0 Å². The molecule has 0 bridgehead atoms. The Balaban J connectivity index is 2.46. The minimum Gasteiger partial charge on any atom is -0.466 e. The first-order valence-electron chi connectivity index (χ1n) is 6.50. The van der Waals surface area contributed by atoms with Crippen molar-refractivity contribution in [3.8, 4) is 0 Å². The Hall–Kier alpha value is -1.06. The molecule has 1 aliphatic heterocycles. The van der Waals surface area contributed by atoms with E-state index in [-0.39, 0.29) is 22.7 Å². The van der Waals surface area contributed by atoms with Gasteiger partial charge in [-0.15, -0.1) is 0 Å². The Labute approximate surface area is 109 Å². The van der Waals surface area contributed by atoms with Crippen molar-refractivity contribution >= 4 is 11.7 Å². The molecule has 1 aliphatic carbocycles. The second-order valence-electron chi connectivity index (χ2n) is 7.12. The van der Waals surface area contributed by atoms with Crippen molar-refractivity contribution in [2.45, 2.75) is 53.1 Å². The van der Waals surface area contributed by atoms with E-state index in [0.717, 1.165) is 12.1 Å². The van der Waals surface area contributed by atoms with Crippen molar-refractivity contribution in [3.63, 3.8) is 0 Å². The van der Waals surface area contributed by atoms with E-state index in [1.54, 1.807) is 0 Å². The summed E-state index contributed by atoms with van der Waals surface area (Å²) in [6.45, 7) is 10.7. The normalized spacial score (nSPS) is 33.7. The smallest absolute Gasteiger partial charge is 0.353 e. The summed E-state index contributed by atoms with van der Waals surface area (Å²) in [5.74, 6) is -0.279. The van der Waals surface area contributed by atoms with Crippen LogP contribution in [0.3, 0.4) is 0 Å². The van der Waals surface area contributed by atoms with Crippen LogP contribution in [0.25, 0.3) is 0 Å². The molecule has 0 spiro atoms. The summed E-state index contributed by atoms with van der Waals surface area (Å²) in [7, 11) is 1.41. The van der Waals surface area contributed by atoms with Crippen molar-refractivity contribution in [2.24, 2.45) is 21.9 Å². The quantitative estimate of drug-likeness (QED) is 0.675. The number of methoxy groups -OCH3 is 1. The number of carbonyl (C=O) groups excluding carboxylic acids is 1. The molecule has 0 radical (unpaired) electrons. The monoisotopic (exact) mass is 253 g/mol. The van der Waals surface area contributed by atoms with Crippen LogP contribution in [0.1, 0.15) is 47.5 Å². The van der Waals surface area contributed by atoms with Crippen molar-refractivity contribution in [3.05, 3.63) is 0 Å². The van der Waals surface area contributed by atoms with Crippen LogP contribution in [0.2, 0.25) is 0 Å². The number of ether oxygens (including phenoxy) is 1. The first-order valence-corrected chi connectivity index (χ1v) is 6.50. The number of hydrogen-bond donors (Lipinski definition) is 0. The highest BCUT2D eigenvalue weighted by molar-refractivity contribution is 5.99. The van der Waals surface area contributed by atoms with Crippen molar-refractivity contribution < 1.29 is 14.4 Å². The molecular weight excluding hydrogens is 230 g/mol. The summed E-state index contributed by atoms with van der Waals surface area (Å²) in [5.41, 5.74) is 0.00935. The first kappa shape index (κ1) is 13.4. The molecule has 1 fully saturated rings. The molecule has 1 saturated carbocycles. The van der Waals surface area contributed by atoms with E-state index < -0.39 is 5.60 Å². The van der Waals surface area contributed by atoms with Gasteiger partial charge in [0.25, 0.3) is 0 Å². The predicted octanol–water partition coefficient (Wildman–Crippen LogP) is 2.77. The number of nitrogens with zero attached hydrogens (tertiary/aromatic N) is 1. The molecular formula is C14H23NO3. The van der Waals surface area contributed by atoms with Gasteiger partial charge < -0.3 is 9.57 Å². The Morgan fingerprint density at radius 1 is 1.39 bits per heavy atom. The first-order chi connectivity index (χ1) is 8.15. The predicted molar refractivity (Wildman–Crippen MR) is 69.2 cm³/mol. The fraction of sp³-hybridized carbons (Fsp3) is 0.857. The number of carbonyl (C=O) groups is 1. The fourth-order valence-corrected chi connectivity index (χ4v) is 3.30. The highest BCUT2D eigenvalue weighted by Gasteiger charge is 2.66. The third kappa shape index (κ3) is 1.65. The second-order valence-corrected chi connectivity index (χ2v) is 7.12. The third-order valence-electron chi connectivity index (χ3n) is 4.27. The highest BCUT2D eigenvalue weighted by Crippen LogP contribution is 2.56. The zero-order chi connectivity index (χ0) is 13.8. The van der Waals surface area contributed by atoms with E-state index in [0.29, 0.717) is 6.42 Å². The maximum absolute atomic E-state index is 12.2. The van der Waals surface area contributed by atoms with Gasteiger partial charge in [0.15, 0.2) is 0 Å². The summed E-state index contributed by atoms with van der Waals surface area (Å²) >= 11 is 0. The van der Waals surface area contributed by atoms with Gasteiger partial charge in [-0.25, -0.2) is 4.79 Å². The minimum atomic E-state index is -0.888. The molecule has 0 amide bonds. The maximum atomic E-state index is 12.2. The van der Waals surface area contributed by atoms with E-state index in [2.05, 4.69) is 39.8 Å². The Morgan fingerprint density at radius 3 is 2.50 bits per heavy atom. The van der Waals surface area contributed by atoms with E-state index in [4.69, 9.17) is 9.57 Å². The molecule has 102 valence electrons. The van der Waals surface area contributed by atoms with E-state index in [1.807, 2.05) is 0 Å². The molecule has 18 heavy (non-hydrogen) atoms. The second kappa shape index (κ2) is 3.72. The molecule has 4 heteroatoms. The van der Waals surface area contributed by atoms with Crippen molar-refractivity contribution in [2.75, 3.05) is 7.11 Å². The minimum absolute atomic E-state index is 0.0107. The van der Waals surface area contributed by atoms with Crippen LogP contribution in [-0.4, -0.2) is 24.4 Å². The van der Waals surface area contributed by atoms with Gasteiger partial charge in [-0.3, -0.25) is 0 Å². The average Bonchev–Trinajstić information content (AvgIpc) is 2.76. The van der Waals surface area contributed by atoms with Crippen LogP contribution in [0.15, 0.2) is 5.16 Å². The molecule has 2 unspecified atom stereocenters. The summed E-state index contributed by atoms with van der Waals surface area (Å²) in [6.07, 6.45) is 1.63. The molecule has 2 aliphatic rings. The SMILES string of the molecule is COC(=O)C12CCC(C)(C)C1C(C(C)(C)C)=NO2. The van der Waals surface area contributed by atoms with Gasteiger partial charge in [0.1, 0.15) is 0 Å². The summed E-state index contributed by atoms with van der Waals surface area (Å²) in [6, 6.07) is 0. The lowest BCUT2D eigenvalue weighted by molar-refractivity contribution is -0.170. The molecule has 0 N–H and O–H groups in total. The molecule has 1 heterocycles. The van der Waals surface area contributed by atoms with Crippen LogP contribution in [0.4, 0.5) is 0 Å². The number of rotatable bonds is 1. The standard InChI is InChI=1S/C14H23NO3/c1-12(2,3)10-9-13(4,5)7-8-14(9,18-15-10)11(16)17-6/h9H,7-8H2,1-6H3. The molecule has 4 nitrogen and oxygen atoms in total. The van der Waals surface area contributed by atoms with Gasteiger partial charge in [-0.05, 0) is 11.8 Å². The van der Waals surface area contributed by atoms with E-state index in [9.17, 15) is 4.79 Å². The maximum Gasteiger partial charge on any atom is 0.353 e. The van der Waals surface area contributed by atoms with Crippen LogP contribution in [0.5, 0.6) is 0 Å². The number of esters is 1. The van der Waals surface area contributed by atoms with Gasteiger partial charge in [0.2, 0.25) is 5.60 Å². The van der Waals surface area contributed by atoms with Crippen LogP contribution in [-0.2, 0) is 14.4 Å². The summed E-state index contributed by atoms with van der Waals surface area (Å²) in [4.78, 5) is 17.8. The summed E-state index contributed by atoms with van der Waals surface area (Å²) < 4.78 is 4.96. The van der Waals surface area contributed by atoms with Gasteiger partial charge >= 0.3 is 5.97 Å². The Kier molecular flexibility index (Phi) is 2.76. The lowest BCUT2D eigenvalue weighted by Gasteiger charge is -2.34. The third-order valence-corrected chi connectivity index (χ3v) is 4.27. The van der Waals surface area contributed by atoms with Crippen molar-refractivity contribution in [1.82, 2.24) is 0 Å². The van der Waals surface area contributed by atoms with Gasteiger partial charge in [0.05, 0.1) is 18.7 Å². The lowest BCUT2D eigenvalue weighted by atomic mass is 9.68. The Morgan fingerprint density at radius 2 is 2.00 bits per heavy atom. The topological polar surface area (TPSA) is 47.9 Å². The molecule has 2 rings (SSSR count). The van der Waals surface area contributed by atoms with Gasteiger partial charge in [-0.1, -0.05) is 39.8 Å². The van der Waals surface area contributed by atoms with Gasteiger partial charge in [0, 0.05) is 11.8 Å². The van der Waals surface area contributed by atoms with Crippen LogP contribution >= 0.6 is 0 Å². The number of oxime groups is 1. The zero-order valence-corrected chi connectivity index (χ0v) is 12.2. The van der Waals surface area contributed by atoms with Crippen molar-refractivity contribution in [1.29, 1.82) is 0 Å². The molecule has 0 aromatic carbocycles. The molecule has 2 atom stereocenters. The number of hydrogen-bond acceptors (Lipinski definition) is 4. The molecule has 0 aromatic rings. The Bertz CT molecular complexity index is 406. The highest BCUT2D eigenvalue weighted by atomic mass is 16.7. The molecule has 0 aromatic heterocycles. The largest absolute Gasteiger partial charge is 0.466 e. The molecule has 0 saturated heterocycles. The van der Waals surface area contributed by atoms with Crippen LogP contribution in [0, 0.1) is 16.7 Å².